The van der Waals surface area contributed by atoms with Crippen molar-refractivity contribution >= 4 is 12.4 Å². The first-order valence-electron chi connectivity index (χ1n) is 15.3. The molecule has 0 unspecified atom stereocenters. The Morgan fingerprint density at radius 2 is 0.763 bits per heavy atom. The van der Waals surface area contributed by atoms with Crippen LogP contribution in [0.3, 0.4) is 0 Å². The Bertz CT molecular complexity index is 786. The first kappa shape index (κ1) is 31.6. The number of rotatable bonds is 23. The van der Waals surface area contributed by atoms with Crippen molar-refractivity contribution in [2.45, 2.75) is 117 Å². The van der Waals surface area contributed by atoms with Gasteiger partial charge in [0.1, 0.15) is 11.5 Å². The van der Waals surface area contributed by atoms with E-state index in [4.69, 9.17) is 9.47 Å². The fraction of sp³-hybridized carbons (Fsp3) is 0.588. The molecule has 0 saturated carbocycles. The molecule has 0 amide bonds. The molecule has 0 aromatic heterocycles. The molecule has 210 valence electrons. The van der Waals surface area contributed by atoms with Gasteiger partial charge >= 0.3 is 0 Å². The quantitative estimate of drug-likeness (QED) is 0.0831. The smallest absolute Gasteiger partial charge is 0.119 e. The maximum absolute atomic E-state index is 5.87. The third-order valence-electron chi connectivity index (χ3n) is 6.77. The van der Waals surface area contributed by atoms with Gasteiger partial charge in [-0.25, -0.2) is 0 Å². The number of nitrogens with zero attached hydrogens (tertiary/aromatic N) is 2. The van der Waals surface area contributed by atoms with E-state index < -0.39 is 0 Å². The van der Waals surface area contributed by atoms with E-state index in [2.05, 4.69) is 24.1 Å². The van der Waals surface area contributed by atoms with Crippen LogP contribution in [0, 0.1) is 0 Å². The molecular formula is C34H52N2O2. The zero-order valence-electron chi connectivity index (χ0n) is 24.2. The molecule has 2 aromatic carbocycles. The Morgan fingerprint density at radius 3 is 1.11 bits per heavy atom. The summed E-state index contributed by atoms with van der Waals surface area (Å²) in [5, 5.41) is 8.37. The summed E-state index contributed by atoms with van der Waals surface area (Å²) in [5.41, 5.74) is 2.01. The molecule has 4 nitrogen and oxygen atoms in total. The SMILES string of the molecule is CCCCCCCCCCOc1ccc(/C=N/N=C/c2ccc(OCCCCCCCCCC)cc2)cc1. The molecule has 0 saturated heterocycles. The van der Waals surface area contributed by atoms with Crippen LogP contribution in [0.25, 0.3) is 0 Å². The molecule has 0 bridgehead atoms. The summed E-state index contributed by atoms with van der Waals surface area (Å²) in [4.78, 5) is 0. The predicted octanol–water partition coefficient (Wildman–Crippen LogP) is 10.2. The van der Waals surface area contributed by atoms with Gasteiger partial charge in [-0.2, -0.15) is 10.2 Å². The summed E-state index contributed by atoms with van der Waals surface area (Å²) in [6, 6.07) is 16.1. The van der Waals surface area contributed by atoms with Crippen molar-refractivity contribution < 1.29 is 9.47 Å². The van der Waals surface area contributed by atoms with Crippen molar-refractivity contribution in [3.05, 3.63) is 59.7 Å². The van der Waals surface area contributed by atoms with E-state index in [1.807, 2.05) is 48.5 Å². The molecule has 0 aliphatic carbocycles. The highest BCUT2D eigenvalue weighted by Crippen LogP contribution is 2.15. The van der Waals surface area contributed by atoms with Crippen molar-refractivity contribution in [1.82, 2.24) is 0 Å². The van der Waals surface area contributed by atoms with E-state index in [9.17, 15) is 0 Å². The van der Waals surface area contributed by atoms with Crippen molar-refractivity contribution in [3.63, 3.8) is 0 Å². The van der Waals surface area contributed by atoms with E-state index >= 15 is 0 Å². The molecule has 4 heteroatoms. The molecule has 2 aromatic rings. The van der Waals surface area contributed by atoms with E-state index in [1.54, 1.807) is 12.4 Å². The molecule has 0 aliphatic rings. The number of ether oxygens (including phenoxy) is 2. The van der Waals surface area contributed by atoms with Gasteiger partial charge in [0, 0.05) is 0 Å². The normalized spacial score (nSPS) is 11.5. The first-order valence-corrected chi connectivity index (χ1v) is 15.3. The molecule has 2 rings (SSSR count). The van der Waals surface area contributed by atoms with Crippen LogP contribution in [0.15, 0.2) is 58.7 Å². The number of benzene rings is 2. The monoisotopic (exact) mass is 520 g/mol. The topological polar surface area (TPSA) is 43.2 Å². The lowest BCUT2D eigenvalue weighted by Crippen LogP contribution is -1.97. The molecule has 0 N–H and O–H groups in total. The van der Waals surface area contributed by atoms with Crippen LogP contribution in [-0.4, -0.2) is 25.6 Å². The zero-order valence-corrected chi connectivity index (χ0v) is 24.2. The van der Waals surface area contributed by atoms with Crippen LogP contribution in [0.1, 0.15) is 128 Å². The number of hydrogen-bond acceptors (Lipinski definition) is 4. The summed E-state index contributed by atoms with van der Waals surface area (Å²) in [5.74, 6) is 1.83. The second-order valence-corrected chi connectivity index (χ2v) is 10.3. The standard InChI is InChI=1S/C34H52N2O2/c1-3-5-7-9-11-13-15-17-27-37-33-23-19-31(20-24-33)29-35-36-30-32-21-25-34(26-22-32)38-28-18-16-14-12-10-8-6-4-2/h19-26,29-30H,3-18,27-28H2,1-2H3/b35-29+,36-30+. The van der Waals surface area contributed by atoms with Gasteiger partial charge < -0.3 is 9.47 Å². The maximum Gasteiger partial charge on any atom is 0.119 e. The van der Waals surface area contributed by atoms with Gasteiger partial charge in [0.15, 0.2) is 0 Å². The largest absolute Gasteiger partial charge is 0.494 e. The van der Waals surface area contributed by atoms with Gasteiger partial charge in [0.2, 0.25) is 0 Å². The van der Waals surface area contributed by atoms with Crippen molar-refractivity contribution in [1.29, 1.82) is 0 Å². The highest BCUT2D eigenvalue weighted by molar-refractivity contribution is 5.82. The predicted molar refractivity (Wildman–Crippen MR) is 164 cm³/mol. The summed E-state index contributed by atoms with van der Waals surface area (Å²) in [7, 11) is 0. The molecule has 0 aliphatic heterocycles. The van der Waals surface area contributed by atoms with Crippen LogP contribution < -0.4 is 9.47 Å². The minimum Gasteiger partial charge on any atom is -0.494 e. The van der Waals surface area contributed by atoms with E-state index in [0.717, 1.165) is 48.7 Å². The summed E-state index contributed by atoms with van der Waals surface area (Å²) in [6.45, 7) is 6.10. The molecule has 0 atom stereocenters. The average molecular weight is 521 g/mol. The van der Waals surface area contributed by atoms with Gasteiger partial charge in [0.25, 0.3) is 0 Å². The molecular weight excluding hydrogens is 468 g/mol. The average Bonchev–Trinajstić information content (AvgIpc) is 2.95. The Labute approximate surface area is 233 Å². The first-order chi connectivity index (χ1) is 18.8. The Morgan fingerprint density at radius 1 is 0.447 bits per heavy atom. The second kappa shape index (κ2) is 22.4. The maximum atomic E-state index is 5.87. The van der Waals surface area contributed by atoms with Crippen molar-refractivity contribution in [3.8, 4) is 11.5 Å². The number of unbranched alkanes of at least 4 members (excludes halogenated alkanes) is 14. The van der Waals surface area contributed by atoms with E-state index in [0.29, 0.717) is 0 Å². The summed E-state index contributed by atoms with van der Waals surface area (Å²) in [6.07, 6.45) is 24.5. The highest BCUT2D eigenvalue weighted by atomic mass is 16.5. The highest BCUT2D eigenvalue weighted by Gasteiger charge is 1.97. The van der Waals surface area contributed by atoms with E-state index in [-0.39, 0.29) is 0 Å². The van der Waals surface area contributed by atoms with Crippen LogP contribution in [0.2, 0.25) is 0 Å². The summed E-state index contributed by atoms with van der Waals surface area (Å²) < 4.78 is 11.7. The lowest BCUT2D eigenvalue weighted by molar-refractivity contribution is 0.304. The minimum atomic E-state index is 0.787. The van der Waals surface area contributed by atoms with E-state index in [1.165, 1.54) is 89.9 Å². The Kier molecular flexibility index (Phi) is 18.6. The molecule has 0 heterocycles. The minimum absolute atomic E-state index is 0.787. The fourth-order valence-electron chi connectivity index (χ4n) is 4.35. The van der Waals surface area contributed by atoms with Crippen LogP contribution >= 0.6 is 0 Å². The second-order valence-electron chi connectivity index (χ2n) is 10.3. The fourth-order valence-corrected chi connectivity index (χ4v) is 4.35. The number of hydrogen-bond donors (Lipinski definition) is 0. The van der Waals surface area contributed by atoms with Gasteiger partial charge in [-0.3, -0.25) is 0 Å². The van der Waals surface area contributed by atoms with Gasteiger partial charge in [0.05, 0.1) is 25.6 Å². The summed E-state index contributed by atoms with van der Waals surface area (Å²) >= 11 is 0. The Balaban J connectivity index is 1.55. The van der Waals surface area contributed by atoms with Gasteiger partial charge in [-0.1, -0.05) is 104 Å². The third-order valence-corrected chi connectivity index (χ3v) is 6.77. The van der Waals surface area contributed by atoms with Crippen LogP contribution in [-0.2, 0) is 0 Å². The van der Waals surface area contributed by atoms with Crippen LogP contribution in [0.4, 0.5) is 0 Å². The molecule has 0 radical (unpaired) electrons. The lowest BCUT2D eigenvalue weighted by Gasteiger charge is -2.06. The molecule has 0 spiro atoms. The zero-order chi connectivity index (χ0) is 26.9. The van der Waals surface area contributed by atoms with Gasteiger partial charge in [-0.15, -0.1) is 0 Å². The van der Waals surface area contributed by atoms with Crippen LogP contribution in [0.5, 0.6) is 11.5 Å². The third kappa shape index (κ3) is 16.3. The lowest BCUT2D eigenvalue weighted by atomic mass is 10.1. The Hall–Kier alpha value is -2.62. The van der Waals surface area contributed by atoms with Crippen molar-refractivity contribution in [2.75, 3.05) is 13.2 Å². The molecule has 38 heavy (non-hydrogen) atoms. The van der Waals surface area contributed by atoms with Gasteiger partial charge in [-0.05, 0) is 72.5 Å². The van der Waals surface area contributed by atoms with Crippen molar-refractivity contribution in [2.24, 2.45) is 10.2 Å². The molecule has 0 fully saturated rings.